The van der Waals surface area contributed by atoms with Crippen LogP contribution in [0, 0.1) is 0 Å². The van der Waals surface area contributed by atoms with Gasteiger partial charge in [0.05, 0.1) is 42.1 Å². The molecule has 4 aromatic rings. The summed E-state index contributed by atoms with van der Waals surface area (Å²) in [4.78, 5) is 15.6. The maximum atomic E-state index is 13.4. The zero-order chi connectivity index (χ0) is 29.6. The van der Waals surface area contributed by atoms with Gasteiger partial charge in [0.15, 0.2) is 23.0 Å². The predicted octanol–water partition coefficient (Wildman–Crippen LogP) is 5.34. The smallest absolute Gasteiger partial charge is 0.234 e. The zero-order valence-corrected chi connectivity index (χ0v) is 24.9. The minimum absolute atomic E-state index is 0.0314. The van der Waals surface area contributed by atoms with Crippen molar-refractivity contribution >= 4 is 16.7 Å². The van der Waals surface area contributed by atoms with Gasteiger partial charge < -0.3 is 29.0 Å². The lowest BCUT2D eigenvalue weighted by molar-refractivity contribution is -0.123. The first-order valence-electron chi connectivity index (χ1n) is 14.0. The second-order valence-corrected chi connectivity index (χ2v) is 10.3. The first kappa shape index (κ1) is 29.1. The van der Waals surface area contributed by atoms with E-state index in [-0.39, 0.29) is 18.5 Å². The standard InChI is InChI=1S/C34H38N2O6/c1-38-29-14-13-22(18-30(29)39-2)17-28-27-19-31(40-3)34(42-5)33(41-4)26(27)15-16-36(28)21-32(37)35-20-24-11-8-10-23-9-6-7-12-25(23)24/h6-14,18-19,28H,15-17,20-21H2,1-5H3,(H,35,37). The highest BCUT2D eigenvalue weighted by atomic mass is 16.5. The van der Waals surface area contributed by atoms with Gasteiger partial charge in [-0.1, -0.05) is 48.5 Å². The van der Waals surface area contributed by atoms with E-state index < -0.39 is 0 Å². The molecule has 0 saturated heterocycles. The quantitative estimate of drug-likeness (QED) is 0.261. The van der Waals surface area contributed by atoms with Crippen molar-refractivity contribution in [3.63, 3.8) is 0 Å². The summed E-state index contributed by atoms with van der Waals surface area (Å²) in [6.45, 7) is 1.39. The Morgan fingerprint density at radius 1 is 0.810 bits per heavy atom. The summed E-state index contributed by atoms with van der Waals surface area (Å²) in [6.07, 6.45) is 1.35. The summed E-state index contributed by atoms with van der Waals surface area (Å²) in [7, 11) is 8.14. The van der Waals surface area contributed by atoms with Crippen molar-refractivity contribution in [3.8, 4) is 28.7 Å². The van der Waals surface area contributed by atoms with E-state index in [2.05, 4.69) is 34.5 Å². The Kier molecular flexibility index (Phi) is 9.03. The number of rotatable bonds is 11. The molecule has 1 aliphatic rings. The van der Waals surface area contributed by atoms with Gasteiger partial charge in [0, 0.05) is 24.7 Å². The predicted molar refractivity (Wildman–Crippen MR) is 163 cm³/mol. The minimum atomic E-state index is -0.121. The van der Waals surface area contributed by atoms with Crippen LogP contribution in [0.4, 0.5) is 0 Å². The molecule has 5 rings (SSSR count). The van der Waals surface area contributed by atoms with Crippen molar-refractivity contribution in [2.45, 2.75) is 25.4 Å². The summed E-state index contributed by atoms with van der Waals surface area (Å²) >= 11 is 0. The molecular formula is C34H38N2O6. The van der Waals surface area contributed by atoms with Crippen LogP contribution >= 0.6 is 0 Å². The van der Waals surface area contributed by atoms with E-state index >= 15 is 0 Å². The second kappa shape index (κ2) is 13.0. The normalized spacial score (nSPS) is 14.6. The van der Waals surface area contributed by atoms with Crippen LogP contribution in [-0.2, 0) is 24.2 Å². The third kappa shape index (κ3) is 5.81. The van der Waals surface area contributed by atoms with Crippen LogP contribution < -0.4 is 29.0 Å². The van der Waals surface area contributed by atoms with E-state index in [1.165, 1.54) is 0 Å². The Morgan fingerprint density at radius 2 is 1.55 bits per heavy atom. The van der Waals surface area contributed by atoms with Crippen LogP contribution in [-0.4, -0.2) is 59.4 Å². The molecule has 0 saturated carbocycles. The van der Waals surface area contributed by atoms with E-state index in [0.717, 1.165) is 33.0 Å². The second-order valence-electron chi connectivity index (χ2n) is 10.3. The number of nitrogens with one attached hydrogen (secondary N) is 1. The van der Waals surface area contributed by atoms with Gasteiger partial charge in [-0.25, -0.2) is 0 Å². The van der Waals surface area contributed by atoms with Crippen LogP contribution in [0.25, 0.3) is 10.8 Å². The van der Waals surface area contributed by atoms with Gasteiger partial charge >= 0.3 is 0 Å². The maximum absolute atomic E-state index is 13.4. The Balaban J connectivity index is 1.45. The third-order valence-corrected chi connectivity index (χ3v) is 8.00. The van der Waals surface area contributed by atoms with Gasteiger partial charge in [-0.05, 0) is 58.5 Å². The highest BCUT2D eigenvalue weighted by molar-refractivity contribution is 5.86. The van der Waals surface area contributed by atoms with E-state index in [1.54, 1.807) is 35.5 Å². The van der Waals surface area contributed by atoms with Gasteiger partial charge in [0.1, 0.15) is 0 Å². The van der Waals surface area contributed by atoms with Crippen molar-refractivity contribution in [2.24, 2.45) is 0 Å². The number of fused-ring (bicyclic) bond motifs is 2. The summed E-state index contributed by atoms with van der Waals surface area (Å²) in [6, 6.07) is 22.2. The highest BCUT2D eigenvalue weighted by Gasteiger charge is 2.34. The van der Waals surface area contributed by atoms with Crippen LogP contribution in [0.5, 0.6) is 28.7 Å². The molecule has 1 N–H and O–H groups in total. The fraction of sp³-hybridized carbons (Fsp3) is 0.324. The molecule has 42 heavy (non-hydrogen) atoms. The molecule has 0 aromatic heterocycles. The third-order valence-electron chi connectivity index (χ3n) is 8.00. The van der Waals surface area contributed by atoms with E-state index in [4.69, 9.17) is 23.7 Å². The van der Waals surface area contributed by atoms with Gasteiger partial charge in [-0.2, -0.15) is 0 Å². The Hall–Kier alpha value is -4.43. The fourth-order valence-corrected chi connectivity index (χ4v) is 5.94. The Morgan fingerprint density at radius 3 is 2.29 bits per heavy atom. The number of amides is 1. The van der Waals surface area contributed by atoms with Gasteiger partial charge in [-0.15, -0.1) is 0 Å². The van der Waals surface area contributed by atoms with E-state index in [1.807, 2.05) is 42.5 Å². The van der Waals surface area contributed by atoms with Crippen LogP contribution in [0.2, 0.25) is 0 Å². The van der Waals surface area contributed by atoms with Crippen molar-refractivity contribution in [2.75, 3.05) is 48.6 Å². The first-order valence-corrected chi connectivity index (χ1v) is 14.0. The number of nitrogens with zero attached hydrogens (tertiary/aromatic N) is 1. The van der Waals surface area contributed by atoms with E-state index in [0.29, 0.717) is 54.7 Å². The number of carbonyl (C=O) groups is 1. The average molecular weight is 571 g/mol. The minimum Gasteiger partial charge on any atom is -0.493 e. The Labute approximate surface area is 247 Å². The van der Waals surface area contributed by atoms with Crippen molar-refractivity contribution in [1.29, 1.82) is 0 Å². The molecule has 1 amide bonds. The van der Waals surface area contributed by atoms with Crippen LogP contribution in [0.1, 0.15) is 28.3 Å². The lowest BCUT2D eigenvalue weighted by Gasteiger charge is -2.38. The topological polar surface area (TPSA) is 78.5 Å². The van der Waals surface area contributed by atoms with Gasteiger partial charge in [-0.3, -0.25) is 9.69 Å². The van der Waals surface area contributed by atoms with E-state index in [9.17, 15) is 4.79 Å². The molecule has 1 heterocycles. The number of benzene rings is 4. The number of hydrogen-bond donors (Lipinski definition) is 1. The van der Waals surface area contributed by atoms with Crippen molar-refractivity contribution in [3.05, 3.63) is 89.0 Å². The lowest BCUT2D eigenvalue weighted by atomic mass is 9.87. The van der Waals surface area contributed by atoms with Crippen LogP contribution in [0.15, 0.2) is 66.7 Å². The molecule has 1 unspecified atom stereocenters. The molecule has 0 spiro atoms. The molecule has 8 heteroatoms. The molecule has 0 fully saturated rings. The zero-order valence-electron chi connectivity index (χ0n) is 24.9. The number of methoxy groups -OCH3 is 5. The fourth-order valence-electron chi connectivity index (χ4n) is 5.94. The molecule has 1 aliphatic heterocycles. The van der Waals surface area contributed by atoms with Gasteiger partial charge in [0.2, 0.25) is 11.7 Å². The van der Waals surface area contributed by atoms with Crippen molar-refractivity contribution < 1.29 is 28.5 Å². The van der Waals surface area contributed by atoms with Crippen LogP contribution in [0.3, 0.4) is 0 Å². The molecule has 0 bridgehead atoms. The molecular weight excluding hydrogens is 532 g/mol. The SMILES string of the molecule is COc1ccc(CC2c3cc(OC)c(OC)c(OC)c3CCN2CC(=O)NCc2cccc3ccccc23)cc1OC. The average Bonchev–Trinajstić information content (AvgIpc) is 3.03. The molecule has 220 valence electrons. The monoisotopic (exact) mass is 570 g/mol. The lowest BCUT2D eigenvalue weighted by Crippen LogP contribution is -2.43. The van der Waals surface area contributed by atoms with Crippen molar-refractivity contribution in [1.82, 2.24) is 10.2 Å². The summed E-state index contributed by atoms with van der Waals surface area (Å²) in [5.74, 6) is 3.14. The number of carbonyl (C=O) groups excluding carboxylic acids is 1. The maximum Gasteiger partial charge on any atom is 0.234 e. The molecule has 1 atom stereocenters. The summed E-state index contributed by atoms with van der Waals surface area (Å²) in [5, 5.41) is 5.46. The molecule has 4 aromatic carbocycles. The first-order chi connectivity index (χ1) is 20.5. The summed E-state index contributed by atoms with van der Waals surface area (Å²) < 4.78 is 28.3. The Bertz CT molecular complexity index is 1560. The summed E-state index contributed by atoms with van der Waals surface area (Å²) in [5.41, 5.74) is 4.26. The molecule has 0 radical (unpaired) electrons. The molecule has 0 aliphatic carbocycles. The van der Waals surface area contributed by atoms with Gasteiger partial charge in [0.25, 0.3) is 0 Å². The highest BCUT2D eigenvalue weighted by Crippen LogP contribution is 2.47. The largest absolute Gasteiger partial charge is 0.493 e. The number of hydrogen-bond acceptors (Lipinski definition) is 7. The molecule has 8 nitrogen and oxygen atoms in total. The number of ether oxygens (including phenoxy) is 5.